The van der Waals surface area contributed by atoms with Crippen LogP contribution in [0.1, 0.15) is 11.1 Å². The van der Waals surface area contributed by atoms with Gasteiger partial charge in [-0.2, -0.15) is 0 Å². The Bertz CT molecular complexity index is 990. The molecule has 0 aliphatic heterocycles. The summed E-state index contributed by atoms with van der Waals surface area (Å²) in [6, 6.07) is 5.41. The molecule has 0 radical (unpaired) electrons. The molecule has 0 bridgehead atoms. The van der Waals surface area contributed by atoms with Gasteiger partial charge in [0.25, 0.3) is 10.0 Å². The molecule has 0 saturated heterocycles. The summed E-state index contributed by atoms with van der Waals surface area (Å²) < 4.78 is 29.6. The SMILES string of the molecule is Cc1cc(Br)cc(C)c1S(=O)(=O)Nc1ncc2[nH]ccc2c1Br. The lowest BCUT2D eigenvalue weighted by Gasteiger charge is -2.14. The third-order valence-corrected chi connectivity index (χ3v) is 6.38. The molecule has 1 aromatic carbocycles. The molecule has 0 amide bonds. The number of fused-ring (bicyclic) bond motifs is 1. The molecule has 3 aromatic rings. The van der Waals surface area contributed by atoms with Crippen molar-refractivity contribution in [2.45, 2.75) is 18.7 Å². The van der Waals surface area contributed by atoms with Gasteiger partial charge < -0.3 is 4.98 Å². The molecule has 5 nitrogen and oxygen atoms in total. The van der Waals surface area contributed by atoms with E-state index in [2.05, 4.69) is 46.5 Å². The normalized spacial score (nSPS) is 11.8. The van der Waals surface area contributed by atoms with Crippen LogP contribution < -0.4 is 4.72 Å². The van der Waals surface area contributed by atoms with Gasteiger partial charge in [0.15, 0.2) is 5.82 Å². The molecule has 0 atom stereocenters. The van der Waals surface area contributed by atoms with Gasteiger partial charge in [0.2, 0.25) is 0 Å². The zero-order valence-electron chi connectivity index (χ0n) is 12.3. The number of aromatic amines is 1. The van der Waals surface area contributed by atoms with E-state index in [0.717, 1.165) is 15.4 Å². The Morgan fingerprint density at radius 3 is 2.48 bits per heavy atom. The van der Waals surface area contributed by atoms with E-state index in [0.29, 0.717) is 15.6 Å². The highest BCUT2D eigenvalue weighted by Crippen LogP contribution is 2.32. The fourth-order valence-electron chi connectivity index (χ4n) is 2.56. The monoisotopic (exact) mass is 457 g/mol. The van der Waals surface area contributed by atoms with Crippen LogP contribution in [0.25, 0.3) is 10.9 Å². The average Bonchev–Trinajstić information content (AvgIpc) is 2.89. The Morgan fingerprint density at radius 1 is 1.17 bits per heavy atom. The summed E-state index contributed by atoms with van der Waals surface area (Å²) >= 11 is 6.79. The highest BCUT2D eigenvalue weighted by Gasteiger charge is 2.22. The van der Waals surface area contributed by atoms with Crippen molar-refractivity contribution in [3.05, 3.63) is 50.7 Å². The maximum atomic E-state index is 12.8. The lowest BCUT2D eigenvalue weighted by Crippen LogP contribution is -2.17. The van der Waals surface area contributed by atoms with Crippen LogP contribution in [0.3, 0.4) is 0 Å². The number of aromatic nitrogens is 2. The van der Waals surface area contributed by atoms with Crippen molar-refractivity contribution in [1.82, 2.24) is 9.97 Å². The molecular formula is C15H13Br2N3O2S. The van der Waals surface area contributed by atoms with Gasteiger partial charge in [0.1, 0.15) is 0 Å². The van der Waals surface area contributed by atoms with Crippen LogP contribution in [0, 0.1) is 13.8 Å². The number of halogens is 2. The van der Waals surface area contributed by atoms with Crippen LogP contribution in [-0.4, -0.2) is 18.4 Å². The first-order chi connectivity index (χ1) is 10.8. The summed E-state index contributed by atoms with van der Waals surface area (Å²) in [6.45, 7) is 3.54. The zero-order valence-corrected chi connectivity index (χ0v) is 16.3. The molecule has 120 valence electrons. The second-order valence-electron chi connectivity index (χ2n) is 5.20. The number of anilines is 1. The third-order valence-electron chi connectivity index (χ3n) is 3.47. The van der Waals surface area contributed by atoms with Crippen molar-refractivity contribution in [2.75, 3.05) is 4.72 Å². The van der Waals surface area contributed by atoms with Crippen molar-refractivity contribution in [2.24, 2.45) is 0 Å². The van der Waals surface area contributed by atoms with Crippen molar-refractivity contribution in [1.29, 1.82) is 0 Å². The van der Waals surface area contributed by atoms with Crippen molar-refractivity contribution in [3.63, 3.8) is 0 Å². The van der Waals surface area contributed by atoms with E-state index < -0.39 is 10.0 Å². The van der Waals surface area contributed by atoms with E-state index in [4.69, 9.17) is 0 Å². The lowest BCUT2D eigenvalue weighted by molar-refractivity contribution is 0.600. The van der Waals surface area contributed by atoms with Crippen LogP contribution in [-0.2, 0) is 10.0 Å². The Kier molecular flexibility index (Phi) is 4.24. The number of aryl methyl sites for hydroxylation is 2. The fourth-order valence-corrected chi connectivity index (χ4v) is 5.41. The molecule has 2 aromatic heterocycles. The molecule has 0 fully saturated rings. The molecule has 2 N–H and O–H groups in total. The van der Waals surface area contributed by atoms with E-state index in [1.165, 1.54) is 0 Å². The van der Waals surface area contributed by atoms with Gasteiger partial charge >= 0.3 is 0 Å². The predicted molar refractivity (Wildman–Crippen MR) is 98.2 cm³/mol. The first-order valence-electron chi connectivity index (χ1n) is 6.71. The summed E-state index contributed by atoms with van der Waals surface area (Å²) in [5, 5.41) is 0.863. The highest BCUT2D eigenvalue weighted by molar-refractivity contribution is 9.11. The van der Waals surface area contributed by atoms with Gasteiger partial charge in [-0.25, -0.2) is 13.4 Å². The van der Waals surface area contributed by atoms with Crippen molar-refractivity contribution >= 4 is 58.6 Å². The maximum Gasteiger partial charge on any atom is 0.263 e. The molecule has 0 saturated carbocycles. The van der Waals surface area contributed by atoms with Gasteiger partial charge in [0.05, 0.1) is 21.1 Å². The minimum absolute atomic E-state index is 0.263. The second-order valence-corrected chi connectivity index (χ2v) is 8.53. The minimum atomic E-state index is -3.74. The summed E-state index contributed by atoms with van der Waals surface area (Å²) in [5.74, 6) is 0.263. The number of hydrogen-bond acceptors (Lipinski definition) is 3. The first kappa shape index (κ1) is 16.5. The largest absolute Gasteiger partial charge is 0.360 e. The smallest absolute Gasteiger partial charge is 0.263 e. The molecular weight excluding hydrogens is 446 g/mol. The van der Waals surface area contributed by atoms with Crippen LogP contribution in [0.5, 0.6) is 0 Å². The van der Waals surface area contributed by atoms with Crippen molar-refractivity contribution in [3.8, 4) is 0 Å². The van der Waals surface area contributed by atoms with Crippen molar-refractivity contribution < 1.29 is 8.42 Å². The Labute approximate surface area is 150 Å². The van der Waals surface area contributed by atoms with Gasteiger partial charge in [-0.3, -0.25) is 4.72 Å². The standard InChI is InChI=1S/C15H13Br2N3O2S/c1-8-5-10(16)6-9(2)14(8)23(21,22)20-15-13(17)11-3-4-18-12(11)7-19-15/h3-7,18H,1-2H3,(H,19,20). The summed E-state index contributed by atoms with van der Waals surface area (Å²) in [5.41, 5.74) is 2.17. The van der Waals surface area contributed by atoms with E-state index in [1.54, 1.807) is 38.4 Å². The number of H-pyrrole nitrogens is 1. The summed E-state index contributed by atoms with van der Waals surface area (Å²) in [4.78, 5) is 7.49. The molecule has 2 heterocycles. The molecule has 8 heteroatoms. The summed E-state index contributed by atoms with van der Waals surface area (Å²) in [7, 11) is -3.74. The molecule has 3 rings (SSSR count). The van der Waals surface area contributed by atoms with Gasteiger partial charge in [-0.15, -0.1) is 0 Å². The van der Waals surface area contributed by atoms with E-state index >= 15 is 0 Å². The Balaban J connectivity index is 2.09. The Morgan fingerprint density at radius 2 is 1.83 bits per heavy atom. The lowest BCUT2D eigenvalue weighted by atomic mass is 10.2. The van der Waals surface area contributed by atoms with Crippen LogP contribution in [0.2, 0.25) is 0 Å². The number of rotatable bonds is 3. The number of pyridine rings is 1. The molecule has 23 heavy (non-hydrogen) atoms. The Hall–Kier alpha value is -1.38. The maximum absolute atomic E-state index is 12.8. The topological polar surface area (TPSA) is 74.8 Å². The van der Waals surface area contributed by atoms with Gasteiger partial charge in [-0.1, -0.05) is 15.9 Å². The van der Waals surface area contributed by atoms with Gasteiger partial charge in [-0.05, 0) is 59.1 Å². The third kappa shape index (κ3) is 3.02. The quantitative estimate of drug-likeness (QED) is 0.606. The first-order valence-corrected chi connectivity index (χ1v) is 9.77. The second kappa shape index (κ2) is 5.92. The van der Waals surface area contributed by atoms with E-state index in [1.807, 2.05) is 6.07 Å². The van der Waals surface area contributed by atoms with E-state index in [9.17, 15) is 8.42 Å². The molecule has 0 aliphatic carbocycles. The van der Waals surface area contributed by atoms with Crippen LogP contribution >= 0.6 is 31.9 Å². The molecule has 0 unspecified atom stereocenters. The van der Waals surface area contributed by atoms with Crippen LogP contribution in [0.4, 0.5) is 5.82 Å². The number of benzene rings is 1. The average molecular weight is 459 g/mol. The molecule has 0 aliphatic rings. The number of nitrogens with zero attached hydrogens (tertiary/aromatic N) is 1. The number of hydrogen-bond donors (Lipinski definition) is 2. The zero-order chi connectivity index (χ0) is 16.8. The van der Waals surface area contributed by atoms with Gasteiger partial charge in [0, 0.05) is 16.1 Å². The number of nitrogens with one attached hydrogen (secondary N) is 2. The predicted octanol–water partition coefficient (Wildman–Crippen LogP) is 4.51. The molecule has 0 spiro atoms. The minimum Gasteiger partial charge on any atom is -0.360 e. The number of sulfonamides is 1. The van der Waals surface area contributed by atoms with Crippen LogP contribution in [0.15, 0.2) is 44.4 Å². The highest BCUT2D eigenvalue weighted by atomic mass is 79.9. The summed E-state index contributed by atoms with van der Waals surface area (Å²) in [6.07, 6.45) is 3.37. The van der Waals surface area contributed by atoms with E-state index in [-0.39, 0.29) is 10.7 Å². The fraction of sp³-hybridized carbons (Fsp3) is 0.133.